The van der Waals surface area contributed by atoms with Gasteiger partial charge in [-0.3, -0.25) is 4.79 Å². The maximum absolute atomic E-state index is 11.7. The first-order chi connectivity index (χ1) is 7.99. The second-order valence-electron chi connectivity index (χ2n) is 3.95. The average Bonchev–Trinajstić information content (AvgIpc) is 2.32. The second-order valence-corrected chi connectivity index (χ2v) is 3.95. The molecule has 0 bridgehead atoms. The molecule has 1 aromatic heterocycles. The zero-order valence-electron chi connectivity index (χ0n) is 11.0. The molecule has 17 heavy (non-hydrogen) atoms. The molecule has 0 aromatic carbocycles. The first kappa shape index (κ1) is 13.3. The molecule has 3 nitrogen and oxygen atoms in total. The average molecular weight is 234 g/mol. The highest BCUT2D eigenvalue weighted by Crippen LogP contribution is 2.21. The molecule has 0 saturated carbocycles. The first-order valence-electron chi connectivity index (χ1n) is 5.50. The lowest BCUT2D eigenvalue weighted by molar-refractivity contribution is 0.289. The van der Waals surface area contributed by atoms with Crippen LogP contribution < -0.4 is 10.2 Å². The van der Waals surface area contributed by atoms with Gasteiger partial charge in [0.05, 0.1) is 12.7 Å². The minimum atomic E-state index is -0.0750. The van der Waals surface area contributed by atoms with Crippen molar-refractivity contribution in [1.82, 2.24) is 0 Å². The highest BCUT2D eigenvalue weighted by atomic mass is 16.6. The van der Waals surface area contributed by atoms with Crippen molar-refractivity contribution in [2.75, 3.05) is 7.11 Å². The lowest BCUT2D eigenvalue weighted by atomic mass is 10.1. The Balaban J connectivity index is 3.29. The minimum absolute atomic E-state index is 0.0750. The van der Waals surface area contributed by atoms with E-state index in [9.17, 15) is 4.79 Å². The van der Waals surface area contributed by atoms with Gasteiger partial charge in [-0.2, -0.15) is 0 Å². The molecule has 0 fully saturated rings. The zero-order valence-corrected chi connectivity index (χ0v) is 11.0. The van der Waals surface area contributed by atoms with E-state index in [2.05, 4.69) is 0 Å². The number of rotatable bonds is 3. The van der Waals surface area contributed by atoms with Crippen molar-refractivity contribution in [2.24, 2.45) is 0 Å². The van der Waals surface area contributed by atoms with Crippen molar-refractivity contribution in [1.29, 1.82) is 0 Å². The fraction of sp³-hybridized carbons (Fsp3) is 0.357. The van der Waals surface area contributed by atoms with Crippen molar-refractivity contribution in [3.8, 4) is 5.95 Å². The van der Waals surface area contributed by atoms with Gasteiger partial charge in [0, 0.05) is 6.07 Å². The van der Waals surface area contributed by atoms with Crippen molar-refractivity contribution < 1.29 is 9.15 Å². The molecule has 1 rings (SSSR count). The van der Waals surface area contributed by atoms with Gasteiger partial charge in [0.1, 0.15) is 5.76 Å². The molecule has 0 aliphatic heterocycles. The van der Waals surface area contributed by atoms with Gasteiger partial charge in [-0.1, -0.05) is 17.7 Å². The summed E-state index contributed by atoms with van der Waals surface area (Å²) in [6, 6.07) is 1.49. The molecule has 92 valence electrons. The van der Waals surface area contributed by atoms with Crippen molar-refractivity contribution >= 4 is 5.57 Å². The molecule has 3 heteroatoms. The van der Waals surface area contributed by atoms with E-state index in [-0.39, 0.29) is 11.4 Å². The zero-order chi connectivity index (χ0) is 13.0. The molecule has 0 radical (unpaired) electrons. The molecular weight excluding hydrogens is 216 g/mol. The van der Waals surface area contributed by atoms with Gasteiger partial charge >= 0.3 is 0 Å². The van der Waals surface area contributed by atoms with Crippen LogP contribution in [0.15, 0.2) is 33.0 Å². The van der Waals surface area contributed by atoms with E-state index >= 15 is 0 Å². The Kier molecular flexibility index (Phi) is 4.32. The maximum atomic E-state index is 11.7. The molecule has 0 saturated heterocycles. The second kappa shape index (κ2) is 5.53. The fourth-order valence-corrected chi connectivity index (χ4v) is 1.42. The van der Waals surface area contributed by atoms with Gasteiger partial charge in [0.25, 0.3) is 5.95 Å². The van der Waals surface area contributed by atoms with Crippen LogP contribution in [0.4, 0.5) is 0 Å². The van der Waals surface area contributed by atoms with Gasteiger partial charge in [-0.15, -0.1) is 0 Å². The quantitative estimate of drug-likeness (QED) is 0.753. The number of methoxy groups -OCH3 is 1. The van der Waals surface area contributed by atoms with Crippen LogP contribution in [-0.4, -0.2) is 7.11 Å². The van der Waals surface area contributed by atoms with E-state index in [1.54, 1.807) is 6.92 Å². The van der Waals surface area contributed by atoms with Gasteiger partial charge in [-0.25, -0.2) is 0 Å². The smallest absolute Gasteiger partial charge is 0.291 e. The molecule has 1 aromatic rings. The number of ether oxygens (including phenoxy) is 1. The van der Waals surface area contributed by atoms with Crippen LogP contribution in [-0.2, 0) is 0 Å². The van der Waals surface area contributed by atoms with Gasteiger partial charge in [0.15, 0.2) is 5.43 Å². The Morgan fingerprint density at radius 1 is 1.41 bits per heavy atom. The Morgan fingerprint density at radius 2 is 2.06 bits per heavy atom. The van der Waals surface area contributed by atoms with E-state index in [1.807, 2.05) is 32.9 Å². The summed E-state index contributed by atoms with van der Waals surface area (Å²) in [5, 5.41) is 0. The topological polar surface area (TPSA) is 39.4 Å². The molecule has 0 atom stereocenters. The third kappa shape index (κ3) is 3.09. The summed E-state index contributed by atoms with van der Waals surface area (Å²) in [5.41, 5.74) is 2.43. The summed E-state index contributed by atoms with van der Waals surface area (Å²) in [5.74, 6) is 0.817. The lowest BCUT2D eigenvalue weighted by Gasteiger charge is -2.06. The number of hydrogen-bond acceptors (Lipinski definition) is 3. The Labute approximate surface area is 101 Å². The predicted octanol–water partition coefficient (Wildman–Crippen LogP) is 3.33. The molecule has 1 heterocycles. The van der Waals surface area contributed by atoms with E-state index in [1.165, 1.54) is 13.2 Å². The summed E-state index contributed by atoms with van der Waals surface area (Å²) in [7, 11) is 1.49. The van der Waals surface area contributed by atoms with Gasteiger partial charge in [0.2, 0.25) is 0 Å². The van der Waals surface area contributed by atoms with E-state index < -0.39 is 0 Å². The summed E-state index contributed by atoms with van der Waals surface area (Å²) >= 11 is 0. The van der Waals surface area contributed by atoms with E-state index in [4.69, 9.17) is 9.15 Å². The van der Waals surface area contributed by atoms with Gasteiger partial charge in [-0.05, 0) is 33.3 Å². The molecular formula is C14H18O3. The largest absolute Gasteiger partial charge is 0.468 e. The fourth-order valence-electron chi connectivity index (χ4n) is 1.42. The third-order valence-electron chi connectivity index (χ3n) is 2.61. The van der Waals surface area contributed by atoms with E-state index in [0.717, 1.165) is 11.1 Å². The van der Waals surface area contributed by atoms with Crippen molar-refractivity contribution in [3.05, 3.63) is 45.3 Å². The van der Waals surface area contributed by atoms with E-state index in [0.29, 0.717) is 11.3 Å². The minimum Gasteiger partial charge on any atom is -0.468 e. The third-order valence-corrected chi connectivity index (χ3v) is 2.61. The summed E-state index contributed by atoms with van der Waals surface area (Å²) in [4.78, 5) is 11.7. The Hall–Kier alpha value is -1.77. The monoisotopic (exact) mass is 234 g/mol. The highest BCUT2D eigenvalue weighted by Gasteiger charge is 2.09. The molecule has 0 unspecified atom stereocenters. The predicted molar refractivity (Wildman–Crippen MR) is 69.3 cm³/mol. The van der Waals surface area contributed by atoms with Crippen LogP contribution in [0.5, 0.6) is 5.95 Å². The van der Waals surface area contributed by atoms with Gasteiger partial charge < -0.3 is 9.15 Å². The van der Waals surface area contributed by atoms with Crippen LogP contribution in [0, 0.1) is 6.92 Å². The van der Waals surface area contributed by atoms with Crippen molar-refractivity contribution in [2.45, 2.75) is 27.7 Å². The maximum Gasteiger partial charge on any atom is 0.291 e. The summed E-state index contributed by atoms with van der Waals surface area (Å²) in [6.45, 7) is 7.54. The number of hydrogen-bond donors (Lipinski definition) is 0. The van der Waals surface area contributed by atoms with Crippen LogP contribution in [0.1, 0.15) is 32.1 Å². The van der Waals surface area contributed by atoms with Crippen LogP contribution in [0.25, 0.3) is 5.57 Å². The number of allylic oxidation sites excluding steroid dienone is 4. The summed E-state index contributed by atoms with van der Waals surface area (Å²) < 4.78 is 10.6. The Bertz CT molecular complexity index is 519. The Morgan fingerprint density at radius 3 is 2.59 bits per heavy atom. The normalized spacial score (nSPS) is 12.8. The van der Waals surface area contributed by atoms with Crippen LogP contribution >= 0.6 is 0 Å². The first-order valence-corrected chi connectivity index (χ1v) is 5.50. The standard InChI is InChI=1S/C14H18O3/c1-6-9(2)7-10(3)13-8-12(15)11(4)14(16-5)17-13/h6-8H,1-5H3/b9-6+,10-7+. The van der Waals surface area contributed by atoms with Crippen LogP contribution in [0.3, 0.4) is 0 Å². The highest BCUT2D eigenvalue weighted by molar-refractivity contribution is 5.62. The SMILES string of the molecule is C/C=C(C)/C=C(\C)c1cc(=O)c(C)c(OC)o1. The molecule has 0 spiro atoms. The molecule has 0 aliphatic rings. The molecule has 0 N–H and O–H groups in total. The lowest BCUT2D eigenvalue weighted by Crippen LogP contribution is -2.06. The van der Waals surface area contributed by atoms with Crippen molar-refractivity contribution in [3.63, 3.8) is 0 Å². The molecule has 0 aliphatic carbocycles. The molecule has 0 amide bonds. The summed E-state index contributed by atoms with van der Waals surface area (Å²) in [6.07, 6.45) is 3.96. The van der Waals surface area contributed by atoms with Crippen LogP contribution in [0.2, 0.25) is 0 Å².